The molecule has 0 spiro atoms. The van der Waals surface area contributed by atoms with E-state index in [1.165, 1.54) is 0 Å². The average molecular weight is 255 g/mol. The van der Waals surface area contributed by atoms with Gasteiger partial charge in [-0.3, -0.25) is 4.68 Å². The lowest BCUT2D eigenvalue weighted by Crippen LogP contribution is -2.17. The van der Waals surface area contributed by atoms with Crippen LogP contribution in [-0.2, 0) is 6.54 Å². The van der Waals surface area contributed by atoms with Crippen LogP contribution in [0.2, 0.25) is 0 Å². The summed E-state index contributed by atoms with van der Waals surface area (Å²) in [4.78, 5) is 10.6. The molecule has 0 aliphatic carbocycles. The molecule has 7 heteroatoms. The maximum absolute atomic E-state index is 12.2. The van der Waals surface area contributed by atoms with Crippen LogP contribution in [0.15, 0.2) is 41.7 Å². The summed E-state index contributed by atoms with van der Waals surface area (Å²) in [5.41, 5.74) is 0.591. The second kappa shape index (κ2) is 4.59. The Hall–Kier alpha value is -2.18. The van der Waals surface area contributed by atoms with Gasteiger partial charge in [-0.05, 0) is 5.18 Å². The molecule has 4 nitrogen and oxygen atoms in total. The minimum Gasteiger partial charge on any atom is -0.261 e. The number of hydrogen-bond donors (Lipinski definition) is 0. The fraction of sp³-hybridized carbons (Fsp3) is 0.182. The normalized spacial score (nSPS) is 11.5. The number of halogens is 3. The van der Waals surface area contributed by atoms with Crippen molar-refractivity contribution in [2.75, 3.05) is 0 Å². The highest BCUT2D eigenvalue weighted by atomic mass is 19.4. The standard InChI is InChI=1S/C11H8F3N3O/c12-11(13,14)7-17-6-9(16-18)10(15-17)8-4-2-1-3-5-8/h1-6H,7H2. The number of rotatable bonds is 3. The van der Waals surface area contributed by atoms with Crippen molar-refractivity contribution in [3.63, 3.8) is 0 Å². The molecule has 0 saturated heterocycles. The van der Waals surface area contributed by atoms with Gasteiger partial charge in [0.15, 0.2) is 5.69 Å². The summed E-state index contributed by atoms with van der Waals surface area (Å²) in [5, 5.41) is 6.44. The molecule has 0 unspecified atom stereocenters. The van der Waals surface area contributed by atoms with Crippen molar-refractivity contribution in [1.82, 2.24) is 9.78 Å². The molecule has 0 aliphatic rings. The Balaban J connectivity index is 2.39. The lowest BCUT2D eigenvalue weighted by molar-refractivity contribution is -0.142. The zero-order chi connectivity index (χ0) is 13.2. The van der Waals surface area contributed by atoms with E-state index < -0.39 is 12.7 Å². The Kier molecular flexibility index (Phi) is 3.14. The summed E-state index contributed by atoms with van der Waals surface area (Å²) in [7, 11) is 0. The molecule has 94 valence electrons. The third-order valence-corrected chi connectivity index (χ3v) is 2.23. The minimum absolute atomic E-state index is 0.106. The van der Waals surface area contributed by atoms with Crippen LogP contribution in [0.1, 0.15) is 0 Å². The number of aromatic nitrogens is 2. The smallest absolute Gasteiger partial charge is 0.261 e. The SMILES string of the molecule is O=Nc1cn(CC(F)(F)F)nc1-c1ccccc1. The Labute approximate surface area is 100 Å². The lowest BCUT2D eigenvalue weighted by atomic mass is 10.1. The van der Waals surface area contributed by atoms with Crippen LogP contribution in [0.4, 0.5) is 18.9 Å². The van der Waals surface area contributed by atoms with E-state index in [2.05, 4.69) is 10.3 Å². The van der Waals surface area contributed by atoms with E-state index in [0.29, 0.717) is 10.2 Å². The Morgan fingerprint density at radius 1 is 1.22 bits per heavy atom. The van der Waals surface area contributed by atoms with Gasteiger partial charge in [-0.2, -0.15) is 18.3 Å². The molecule has 0 fully saturated rings. The van der Waals surface area contributed by atoms with Crippen LogP contribution < -0.4 is 0 Å². The summed E-state index contributed by atoms with van der Waals surface area (Å²) in [6, 6.07) is 8.45. The molecule has 0 amide bonds. The average Bonchev–Trinajstić information content (AvgIpc) is 2.71. The molecule has 2 rings (SSSR count). The van der Waals surface area contributed by atoms with E-state index in [1.807, 2.05) is 0 Å². The topological polar surface area (TPSA) is 47.2 Å². The van der Waals surface area contributed by atoms with Gasteiger partial charge in [-0.15, -0.1) is 4.91 Å². The minimum atomic E-state index is -4.39. The number of alkyl halides is 3. The molecule has 0 aliphatic heterocycles. The highest BCUT2D eigenvalue weighted by molar-refractivity contribution is 5.71. The third kappa shape index (κ3) is 2.73. The van der Waals surface area contributed by atoms with Gasteiger partial charge in [0.2, 0.25) is 0 Å². The Morgan fingerprint density at radius 3 is 2.44 bits per heavy atom. The number of hydrogen-bond acceptors (Lipinski definition) is 3. The zero-order valence-electron chi connectivity index (χ0n) is 9.05. The summed E-state index contributed by atoms with van der Waals surface area (Å²) in [5.74, 6) is 0. The van der Waals surface area contributed by atoms with Crippen molar-refractivity contribution >= 4 is 5.69 Å². The van der Waals surface area contributed by atoms with E-state index >= 15 is 0 Å². The van der Waals surface area contributed by atoms with Crippen LogP contribution >= 0.6 is 0 Å². The van der Waals surface area contributed by atoms with Gasteiger partial charge in [-0.1, -0.05) is 30.3 Å². The summed E-state index contributed by atoms with van der Waals surface area (Å²) < 4.78 is 37.3. The highest BCUT2D eigenvalue weighted by Gasteiger charge is 2.29. The van der Waals surface area contributed by atoms with E-state index in [0.717, 1.165) is 6.20 Å². The van der Waals surface area contributed by atoms with Crippen LogP contribution in [0.5, 0.6) is 0 Å². The fourth-order valence-electron chi connectivity index (χ4n) is 1.54. The summed E-state index contributed by atoms with van der Waals surface area (Å²) in [6.07, 6.45) is -3.40. The first-order valence-corrected chi connectivity index (χ1v) is 5.02. The Morgan fingerprint density at radius 2 is 1.89 bits per heavy atom. The molecule has 1 aromatic heterocycles. The first kappa shape index (κ1) is 12.3. The van der Waals surface area contributed by atoms with Gasteiger partial charge >= 0.3 is 6.18 Å². The van der Waals surface area contributed by atoms with E-state index in [9.17, 15) is 18.1 Å². The molecule has 0 bridgehead atoms. The quantitative estimate of drug-likeness (QED) is 0.788. The van der Waals surface area contributed by atoms with Gasteiger partial charge < -0.3 is 0 Å². The van der Waals surface area contributed by atoms with E-state index in [-0.39, 0.29) is 11.4 Å². The van der Waals surface area contributed by atoms with E-state index in [4.69, 9.17) is 0 Å². The maximum atomic E-state index is 12.2. The first-order valence-electron chi connectivity index (χ1n) is 5.02. The molecule has 18 heavy (non-hydrogen) atoms. The van der Waals surface area contributed by atoms with E-state index in [1.54, 1.807) is 30.3 Å². The molecule has 1 aromatic carbocycles. The van der Waals surface area contributed by atoms with Gasteiger partial charge in [0.25, 0.3) is 0 Å². The second-order valence-electron chi connectivity index (χ2n) is 3.63. The molecule has 0 radical (unpaired) electrons. The number of benzene rings is 1. The number of nitroso groups, excluding NO2 is 1. The van der Waals surface area contributed by atoms with Crippen molar-refractivity contribution in [3.8, 4) is 11.3 Å². The van der Waals surface area contributed by atoms with Crippen LogP contribution in [0.3, 0.4) is 0 Å². The van der Waals surface area contributed by atoms with Gasteiger partial charge in [0.05, 0.1) is 6.20 Å². The number of nitrogens with zero attached hydrogens (tertiary/aromatic N) is 3. The second-order valence-corrected chi connectivity index (χ2v) is 3.63. The van der Waals surface area contributed by atoms with Crippen LogP contribution in [0, 0.1) is 4.91 Å². The van der Waals surface area contributed by atoms with Crippen molar-refractivity contribution < 1.29 is 13.2 Å². The zero-order valence-corrected chi connectivity index (χ0v) is 9.05. The summed E-state index contributed by atoms with van der Waals surface area (Å²) >= 11 is 0. The monoisotopic (exact) mass is 255 g/mol. The fourth-order valence-corrected chi connectivity index (χ4v) is 1.54. The van der Waals surface area contributed by atoms with Gasteiger partial charge in [-0.25, -0.2) is 0 Å². The lowest BCUT2D eigenvalue weighted by Gasteiger charge is -2.05. The third-order valence-electron chi connectivity index (χ3n) is 2.23. The molecular weight excluding hydrogens is 247 g/mol. The van der Waals surface area contributed by atoms with Crippen molar-refractivity contribution in [2.45, 2.75) is 12.7 Å². The van der Waals surface area contributed by atoms with Crippen LogP contribution in [0.25, 0.3) is 11.3 Å². The van der Waals surface area contributed by atoms with Crippen LogP contribution in [-0.4, -0.2) is 16.0 Å². The van der Waals surface area contributed by atoms with Gasteiger partial charge in [0.1, 0.15) is 12.2 Å². The molecular formula is C11H8F3N3O. The summed E-state index contributed by atoms with van der Waals surface area (Å²) in [6.45, 7) is -1.25. The van der Waals surface area contributed by atoms with Crippen molar-refractivity contribution in [3.05, 3.63) is 41.4 Å². The molecule has 0 atom stereocenters. The Bertz CT molecular complexity index is 548. The highest BCUT2D eigenvalue weighted by Crippen LogP contribution is 2.29. The van der Waals surface area contributed by atoms with Crippen molar-refractivity contribution in [1.29, 1.82) is 0 Å². The maximum Gasteiger partial charge on any atom is 0.408 e. The molecule has 0 N–H and O–H groups in total. The molecule has 2 aromatic rings. The predicted octanol–water partition coefficient (Wildman–Crippen LogP) is 3.51. The van der Waals surface area contributed by atoms with Gasteiger partial charge in [0, 0.05) is 5.56 Å². The largest absolute Gasteiger partial charge is 0.408 e. The molecule has 1 heterocycles. The molecule has 0 saturated carbocycles. The van der Waals surface area contributed by atoms with Crippen molar-refractivity contribution in [2.24, 2.45) is 5.18 Å². The predicted molar refractivity (Wildman–Crippen MR) is 59.2 cm³/mol. The first-order chi connectivity index (χ1) is 8.49.